The molecule has 1 N–H and O–H groups in total. The molecular weight excluding hydrogens is 264 g/mol. The van der Waals surface area contributed by atoms with Crippen molar-refractivity contribution in [3.8, 4) is 11.5 Å². The summed E-state index contributed by atoms with van der Waals surface area (Å²) in [6.07, 6.45) is 4.81. The van der Waals surface area contributed by atoms with E-state index in [1.807, 2.05) is 26.2 Å². The molecule has 0 saturated carbocycles. The summed E-state index contributed by atoms with van der Waals surface area (Å²) in [5.74, 6) is 1.38. The second-order valence-corrected chi connectivity index (χ2v) is 5.76. The quantitative estimate of drug-likeness (QED) is 0.940. The van der Waals surface area contributed by atoms with Gasteiger partial charge in [0.15, 0.2) is 5.82 Å². The molecule has 1 saturated heterocycles. The van der Waals surface area contributed by atoms with Gasteiger partial charge >= 0.3 is 0 Å². The first-order chi connectivity index (χ1) is 10.2. The van der Waals surface area contributed by atoms with Crippen molar-refractivity contribution in [2.24, 2.45) is 0 Å². The second kappa shape index (κ2) is 6.26. The lowest BCUT2D eigenvalue weighted by Crippen LogP contribution is -2.21. The molecule has 0 aliphatic carbocycles. The Morgan fingerprint density at radius 2 is 1.95 bits per heavy atom. The Morgan fingerprint density at radius 3 is 2.71 bits per heavy atom. The summed E-state index contributed by atoms with van der Waals surface area (Å²) >= 11 is 0. The zero-order chi connectivity index (χ0) is 14.7. The molecule has 1 aliphatic rings. The summed E-state index contributed by atoms with van der Waals surface area (Å²) in [7, 11) is 4.05. The lowest BCUT2D eigenvalue weighted by molar-refractivity contribution is 0.402. The van der Waals surface area contributed by atoms with Crippen LogP contribution in [0.3, 0.4) is 0 Å². The molecule has 1 unspecified atom stereocenters. The molecule has 0 radical (unpaired) electrons. The lowest BCUT2D eigenvalue weighted by atomic mass is 10.1. The lowest BCUT2D eigenvalue weighted by Gasteiger charge is -2.11. The van der Waals surface area contributed by atoms with Crippen molar-refractivity contribution >= 4 is 5.69 Å². The normalized spacial score (nSPS) is 19.2. The van der Waals surface area contributed by atoms with Gasteiger partial charge in [0.25, 0.3) is 5.89 Å². The first-order valence-corrected chi connectivity index (χ1v) is 7.59. The Bertz CT molecular complexity index is 568. The van der Waals surface area contributed by atoms with E-state index in [2.05, 4.69) is 32.5 Å². The van der Waals surface area contributed by atoms with Crippen LogP contribution in [-0.4, -0.2) is 30.8 Å². The summed E-state index contributed by atoms with van der Waals surface area (Å²) in [6.45, 7) is 1.03. The summed E-state index contributed by atoms with van der Waals surface area (Å²) in [4.78, 5) is 6.63. The van der Waals surface area contributed by atoms with Gasteiger partial charge in [0, 0.05) is 25.3 Å². The molecule has 0 bridgehead atoms. The molecular formula is C16H22N4O. The maximum absolute atomic E-state index is 5.43. The molecule has 1 atom stereocenters. The molecule has 112 valence electrons. The highest BCUT2D eigenvalue weighted by atomic mass is 16.5. The van der Waals surface area contributed by atoms with Crippen molar-refractivity contribution in [2.45, 2.75) is 31.7 Å². The van der Waals surface area contributed by atoms with Gasteiger partial charge < -0.3 is 14.7 Å². The smallest absolute Gasteiger partial charge is 0.257 e. The molecule has 1 aromatic heterocycles. The van der Waals surface area contributed by atoms with Crippen LogP contribution in [-0.2, 0) is 0 Å². The van der Waals surface area contributed by atoms with E-state index < -0.39 is 0 Å². The minimum atomic E-state index is 0.228. The minimum Gasteiger partial charge on any atom is -0.378 e. The highest BCUT2D eigenvalue weighted by Gasteiger charge is 2.19. The minimum absolute atomic E-state index is 0.228. The van der Waals surface area contributed by atoms with Crippen LogP contribution in [0.25, 0.3) is 11.5 Å². The molecule has 1 aliphatic heterocycles. The molecule has 0 spiro atoms. The average molecular weight is 286 g/mol. The van der Waals surface area contributed by atoms with Gasteiger partial charge in [0.2, 0.25) is 0 Å². The summed E-state index contributed by atoms with van der Waals surface area (Å²) in [5, 5.41) is 7.65. The van der Waals surface area contributed by atoms with Crippen LogP contribution in [0.1, 0.15) is 37.5 Å². The Balaban J connectivity index is 1.77. The standard InChI is InChI=1S/C16H22N4O/c1-20(2)13-9-7-12(8-10-13)16-18-15(19-21-16)14-6-4-3-5-11-17-14/h7-10,14,17H,3-6,11H2,1-2H3. The van der Waals surface area contributed by atoms with Gasteiger partial charge in [-0.3, -0.25) is 0 Å². The van der Waals surface area contributed by atoms with E-state index in [0.29, 0.717) is 5.89 Å². The number of rotatable bonds is 3. The fraction of sp³-hybridized carbons (Fsp3) is 0.500. The largest absolute Gasteiger partial charge is 0.378 e. The van der Waals surface area contributed by atoms with Crippen LogP contribution >= 0.6 is 0 Å². The van der Waals surface area contributed by atoms with Crippen molar-refractivity contribution in [2.75, 3.05) is 25.5 Å². The highest BCUT2D eigenvalue weighted by Crippen LogP contribution is 2.25. The highest BCUT2D eigenvalue weighted by molar-refractivity contribution is 5.58. The molecule has 5 nitrogen and oxygen atoms in total. The van der Waals surface area contributed by atoms with Crippen LogP contribution in [0.2, 0.25) is 0 Å². The number of hydrogen-bond donors (Lipinski definition) is 1. The number of hydrogen-bond acceptors (Lipinski definition) is 5. The number of aromatic nitrogens is 2. The van der Waals surface area contributed by atoms with Gasteiger partial charge in [-0.2, -0.15) is 4.98 Å². The van der Waals surface area contributed by atoms with E-state index in [0.717, 1.165) is 30.0 Å². The predicted octanol–water partition coefficient (Wildman–Crippen LogP) is 3.01. The van der Waals surface area contributed by atoms with Gasteiger partial charge in [0.1, 0.15) is 0 Å². The van der Waals surface area contributed by atoms with Crippen molar-refractivity contribution in [3.63, 3.8) is 0 Å². The monoisotopic (exact) mass is 286 g/mol. The van der Waals surface area contributed by atoms with Crippen LogP contribution in [0, 0.1) is 0 Å². The fourth-order valence-electron chi connectivity index (χ4n) is 2.64. The van der Waals surface area contributed by atoms with E-state index in [4.69, 9.17) is 4.52 Å². The van der Waals surface area contributed by atoms with Crippen LogP contribution < -0.4 is 10.2 Å². The Kier molecular flexibility index (Phi) is 4.20. The Labute approximate surface area is 125 Å². The average Bonchev–Trinajstić information content (AvgIpc) is 2.83. The molecule has 3 rings (SSSR count). The van der Waals surface area contributed by atoms with E-state index in [9.17, 15) is 0 Å². The molecule has 0 amide bonds. The summed E-state index contributed by atoms with van der Waals surface area (Å²) in [6, 6.07) is 8.39. The molecule has 2 aromatic rings. The van der Waals surface area contributed by atoms with Crippen molar-refractivity contribution in [3.05, 3.63) is 30.1 Å². The molecule has 1 fully saturated rings. The topological polar surface area (TPSA) is 54.2 Å². The zero-order valence-corrected chi connectivity index (χ0v) is 12.7. The van der Waals surface area contributed by atoms with Crippen molar-refractivity contribution < 1.29 is 4.52 Å². The van der Waals surface area contributed by atoms with E-state index in [-0.39, 0.29) is 6.04 Å². The molecule has 1 aromatic carbocycles. The summed E-state index contributed by atoms with van der Waals surface area (Å²) in [5.41, 5.74) is 2.12. The van der Waals surface area contributed by atoms with Gasteiger partial charge in [-0.1, -0.05) is 18.0 Å². The molecule has 21 heavy (non-hydrogen) atoms. The third kappa shape index (κ3) is 3.24. The van der Waals surface area contributed by atoms with Crippen LogP contribution in [0.4, 0.5) is 5.69 Å². The van der Waals surface area contributed by atoms with Crippen molar-refractivity contribution in [1.82, 2.24) is 15.5 Å². The summed E-state index contributed by atoms with van der Waals surface area (Å²) < 4.78 is 5.43. The number of nitrogens with zero attached hydrogens (tertiary/aromatic N) is 3. The van der Waals surface area contributed by atoms with Gasteiger partial charge in [-0.25, -0.2) is 0 Å². The van der Waals surface area contributed by atoms with E-state index >= 15 is 0 Å². The number of nitrogens with one attached hydrogen (secondary N) is 1. The van der Waals surface area contributed by atoms with Crippen LogP contribution in [0.15, 0.2) is 28.8 Å². The van der Waals surface area contributed by atoms with Crippen LogP contribution in [0.5, 0.6) is 0 Å². The third-order valence-electron chi connectivity index (χ3n) is 3.94. The van der Waals surface area contributed by atoms with Gasteiger partial charge in [-0.05, 0) is 43.7 Å². The van der Waals surface area contributed by atoms with Gasteiger partial charge in [0.05, 0.1) is 6.04 Å². The second-order valence-electron chi connectivity index (χ2n) is 5.76. The Morgan fingerprint density at radius 1 is 1.14 bits per heavy atom. The first kappa shape index (κ1) is 14.1. The fourth-order valence-corrected chi connectivity index (χ4v) is 2.64. The zero-order valence-electron chi connectivity index (χ0n) is 12.7. The van der Waals surface area contributed by atoms with E-state index in [1.165, 1.54) is 19.3 Å². The maximum Gasteiger partial charge on any atom is 0.257 e. The predicted molar refractivity (Wildman–Crippen MR) is 83.3 cm³/mol. The Hall–Kier alpha value is -1.88. The van der Waals surface area contributed by atoms with Gasteiger partial charge in [-0.15, -0.1) is 0 Å². The SMILES string of the molecule is CN(C)c1ccc(-c2nc(C3CCCCCN3)no2)cc1. The molecule has 5 heteroatoms. The first-order valence-electron chi connectivity index (χ1n) is 7.59. The molecule has 2 heterocycles. The van der Waals surface area contributed by atoms with E-state index in [1.54, 1.807) is 0 Å². The number of anilines is 1. The maximum atomic E-state index is 5.43. The number of benzene rings is 1. The van der Waals surface area contributed by atoms with Crippen molar-refractivity contribution in [1.29, 1.82) is 0 Å². The third-order valence-corrected chi connectivity index (χ3v) is 3.94.